The van der Waals surface area contributed by atoms with Gasteiger partial charge < -0.3 is 4.90 Å². The van der Waals surface area contributed by atoms with Crippen LogP contribution in [0, 0.1) is 17.3 Å². The molecule has 1 rings (SSSR count). The van der Waals surface area contributed by atoms with Crippen LogP contribution in [0.25, 0.3) is 0 Å². The summed E-state index contributed by atoms with van der Waals surface area (Å²) in [6, 6.07) is 0. The standard InChI is InChI=1S/C24H44N4O5/c1-6-8-10-11-20(17-27(33)18-29)21(30)25-28(14-9-7-2)22(31)19-12-15-26(16-13-19)23(32)24(3,4)5/h18-20,33H,6-17H2,1-5H3,(H,25,30). The second kappa shape index (κ2) is 14.2. The summed E-state index contributed by atoms with van der Waals surface area (Å²) in [6.45, 7) is 11.1. The van der Waals surface area contributed by atoms with Crippen LogP contribution in [0.2, 0.25) is 0 Å². The van der Waals surface area contributed by atoms with Crippen molar-refractivity contribution in [1.82, 2.24) is 20.4 Å². The number of hydrogen-bond acceptors (Lipinski definition) is 5. The minimum Gasteiger partial charge on any atom is -0.342 e. The van der Waals surface area contributed by atoms with Crippen molar-refractivity contribution in [3.63, 3.8) is 0 Å². The second-order valence-corrected chi connectivity index (χ2v) is 10.1. The molecule has 0 bridgehead atoms. The van der Waals surface area contributed by atoms with Gasteiger partial charge in [-0.3, -0.25) is 34.8 Å². The summed E-state index contributed by atoms with van der Waals surface area (Å²) in [5, 5.41) is 11.5. The van der Waals surface area contributed by atoms with Crippen molar-refractivity contribution in [3.8, 4) is 0 Å². The van der Waals surface area contributed by atoms with Crippen molar-refractivity contribution < 1.29 is 24.4 Å². The summed E-state index contributed by atoms with van der Waals surface area (Å²) in [6.07, 6.45) is 6.28. The third-order valence-corrected chi connectivity index (χ3v) is 6.08. The number of amides is 4. The normalized spacial score (nSPS) is 15.6. The molecule has 0 aromatic rings. The first-order valence-corrected chi connectivity index (χ1v) is 12.4. The quantitative estimate of drug-likeness (QED) is 0.198. The van der Waals surface area contributed by atoms with Crippen LogP contribution in [0.15, 0.2) is 0 Å². The maximum atomic E-state index is 13.3. The lowest BCUT2D eigenvalue weighted by atomic mass is 9.90. The molecule has 33 heavy (non-hydrogen) atoms. The largest absolute Gasteiger partial charge is 0.342 e. The SMILES string of the molecule is CCCCCC(CN(O)C=O)C(=O)NN(CCCC)C(=O)C1CCN(C(=O)C(C)(C)C)CC1. The second-order valence-electron chi connectivity index (χ2n) is 10.1. The zero-order valence-corrected chi connectivity index (χ0v) is 21.1. The lowest BCUT2D eigenvalue weighted by molar-refractivity contribution is -0.157. The van der Waals surface area contributed by atoms with Crippen molar-refractivity contribution in [2.24, 2.45) is 17.3 Å². The molecule has 0 radical (unpaired) electrons. The number of hydrazine groups is 1. The highest BCUT2D eigenvalue weighted by molar-refractivity contribution is 5.85. The van der Waals surface area contributed by atoms with Gasteiger partial charge in [-0.05, 0) is 25.7 Å². The number of unbranched alkanes of at least 4 members (excludes halogenated alkanes) is 3. The van der Waals surface area contributed by atoms with Crippen molar-refractivity contribution in [1.29, 1.82) is 0 Å². The third-order valence-electron chi connectivity index (χ3n) is 6.08. The fraction of sp³-hybridized carbons (Fsp3) is 0.833. The highest BCUT2D eigenvalue weighted by Gasteiger charge is 2.34. The van der Waals surface area contributed by atoms with E-state index in [-0.39, 0.29) is 36.6 Å². The minimum atomic E-state index is -0.602. The summed E-state index contributed by atoms with van der Waals surface area (Å²) in [4.78, 5) is 51.5. The Morgan fingerprint density at radius 1 is 1.09 bits per heavy atom. The lowest BCUT2D eigenvalue weighted by Crippen LogP contribution is -2.54. The Labute approximate surface area is 198 Å². The van der Waals surface area contributed by atoms with E-state index in [1.807, 2.05) is 32.6 Å². The van der Waals surface area contributed by atoms with Crippen LogP contribution in [0.1, 0.15) is 86.0 Å². The van der Waals surface area contributed by atoms with Gasteiger partial charge in [0.15, 0.2) is 0 Å². The first kappa shape index (κ1) is 28.9. The monoisotopic (exact) mass is 468 g/mol. The summed E-state index contributed by atoms with van der Waals surface area (Å²) >= 11 is 0. The Hall–Kier alpha value is -2.16. The Kier molecular flexibility index (Phi) is 12.4. The van der Waals surface area contributed by atoms with E-state index in [9.17, 15) is 24.4 Å². The van der Waals surface area contributed by atoms with Crippen LogP contribution < -0.4 is 5.43 Å². The van der Waals surface area contributed by atoms with Crippen molar-refractivity contribution in [2.45, 2.75) is 86.0 Å². The average molecular weight is 469 g/mol. The van der Waals surface area contributed by atoms with Gasteiger partial charge in [-0.15, -0.1) is 0 Å². The summed E-state index contributed by atoms with van der Waals surface area (Å²) in [7, 11) is 0. The number of carbonyl (C=O) groups excluding carboxylic acids is 4. The number of nitrogens with one attached hydrogen (secondary N) is 1. The molecule has 9 heteroatoms. The zero-order valence-electron chi connectivity index (χ0n) is 21.1. The van der Waals surface area contributed by atoms with Crippen molar-refractivity contribution in [2.75, 3.05) is 26.2 Å². The van der Waals surface area contributed by atoms with Gasteiger partial charge >= 0.3 is 0 Å². The number of likely N-dealkylation sites (tertiary alicyclic amines) is 1. The predicted octanol–water partition coefficient (Wildman–Crippen LogP) is 2.98. The fourth-order valence-electron chi connectivity index (χ4n) is 4.00. The van der Waals surface area contributed by atoms with E-state index in [0.29, 0.717) is 44.0 Å². The highest BCUT2D eigenvalue weighted by Crippen LogP contribution is 2.25. The summed E-state index contributed by atoms with van der Waals surface area (Å²) < 4.78 is 0. The van der Waals surface area contributed by atoms with Gasteiger partial charge in [0.1, 0.15) is 0 Å². The van der Waals surface area contributed by atoms with Crippen LogP contribution in [0.4, 0.5) is 0 Å². The molecule has 0 aromatic heterocycles. The number of rotatable bonds is 12. The maximum absolute atomic E-state index is 13.3. The molecule has 4 amide bonds. The van der Waals surface area contributed by atoms with E-state index < -0.39 is 11.3 Å². The van der Waals surface area contributed by atoms with Crippen LogP contribution in [-0.4, -0.2) is 70.5 Å². The maximum Gasteiger partial charge on any atom is 0.244 e. The fourth-order valence-corrected chi connectivity index (χ4v) is 4.00. The molecular formula is C24H44N4O5. The molecule has 9 nitrogen and oxygen atoms in total. The van der Waals surface area contributed by atoms with Gasteiger partial charge in [-0.25, -0.2) is 5.06 Å². The minimum absolute atomic E-state index is 0.0863. The van der Waals surface area contributed by atoms with E-state index in [2.05, 4.69) is 12.3 Å². The van der Waals surface area contributed by atoms with Gasteiger partial charge in [0.05, 0.1) is 12.5 Å². The number of hydroxylamine groups is 2. The molecule has 0 aliphatic carbocycles. The van der Waals surface area contributed by atoms with Gasteiger partial charge in [-0.2, -0.15) is 0 Å². The molecule has 0 aromatic carbocycles. The van der Waals surface area contributed by atoms with Crippen LogP contribution in [-0.2, 0) is 19.2 Å². The van der Waals surface area contributed by atoms with E-state index in [1.54, 1.807) is 0 Å². The highest BCUT2D eigenvalue weighted by atomic mass is 16.5. The molecule has 1 aliphatic heterocycles. The van der Waals surface area contributed by atoms with Crippen molar-refractivity contribution >= 4 is 24.1 Å². The predicted molar refractivity (Wildman–Crippen MR) is 126 cm³/mol. The topological polar surface area (TPSA) is 110 Å². The average Bonchev–Trinajstić information content (AvgIpc) is 2.79. The number of piperidine rings is 1. The summed E-state index contributed by atoms with van der Waals surface area (Å²) in [5.41, 5.74) is 2.32. The summed E-state index contributed by atoms with van der Waals surface area (Å²) in [5.74, 6) is -1.27. The Morgan fingerprint density at radius 3 is 2.21 bits per heavy atom. The smallest absolute Gasteiger partial charge is 0.244 e. The molecule has 1 atom stereocenters. The first-order chi connectivity index (χ1) is 15.5. The van der Waals surface area contributed by atoms with E-state index >= 15 is 0 Å². The Morgan fingerprint density at radius 2 is 1.70 bits per heavy atom. The lowest BCUT2D eigenvalue weighted by Gasteiger charge is -2.37. The molecule has 0 saturated carbocycles. The molecule has 2 N–H and O–H groups in total. The van der Waals surface area contributed by atoms with Gasteiger partial charge in [0, 0.05) is 31.0 Å². The van der Waals surface area contributed by atoms with Crippen LogP contribution >= 0.6 is 0 Å². The molecule has 190 valence electrons. The molecule has 1 aliphatic rings. The zero-order chi connectivity index (χ0) is 25.0. The van der Waals surface area contributed by atoms with E-state index in [0.717, 1.165) is 32.1 Å². The van der Waals surface area contributed by atoms with Crippen molar-refractivity contribution in [3.05, 3.63) is 0 Å². The molecule has 1 saturated heterocycles. The van der Waals surface area contributed by atoms with Crippen LogP contribution in [0.5, 0.6) is 0 Å². The molecular weight excluding hydrogens is 424 g/mol. The third kappa shape index (κ3) is 9.70. The Balaban J connectivity index is 2.82. The number of carbonyl (C=O) groups is 4. The molecule has 1 unspecified atom stereocenters. The first-order valence-electron chi connectivity index (χ1n) is 12.4. The van der Waals surface area contributed by atoms with Gasteiger partial charge in [-0.1, -0.05) is 60.3 Å². The van der Waals surface area contributed by atoms with Gasteiger partial charge in [0.25, 0.3) is 0 Å². The van der Waals surface area contributed by atoms with E-state index in [1.165, 1.54) is 5.01 Å². The number of hydrogen-bond donors (Lipinski definition) is 2. The van der Waals surface area contributed by atoms with Crippen LogP contribution in [0.3, 0.4) is 0 Å². The van der Waals surface area contributed by atoms with E-state index in [4.69, 9.17) is 0 Å². The van der Waals surface area contributed by atoms with Gasteiger partial charge in [0.2, 0.25) is 24.1 Å². The number of nitrogens with zero attached hydrogens (tertiary/aromatic N) is 3. The Bertz CT molecular complexity index is 641. The molecule has 0 spiro atoms. The molecule has 1 fully saturated rings. The molecule has 1 heterocycles.